The Balaban J connectivity index is 2.21. The van der Waals surface area contributed by atoms with Crippen LogP contribution in [0.1, 0.15) is 29.8 Å². The molecule has 112 valence electrons. The van der Waals surface area contributed by atoms with Crippen molar-refractivity contribution in [3.63, 3.8) is 0 Å². The average molecular weight is 462 g/mol. The summed E-state index contributed by atoms with van der Waals surface area (Å²) in [5, 5.41) is 7.35. The first-order chi connectivity index (χ1) is 9.81. The van der Waals surface area contributed by atoms with Crippen molar-refractivity contribution in [2.45, 2.75) is 26.7 Å². The molecule has 21 heavy (non-hydrogen) atoms. The van der Waals surface area contributed by atoms with Crippen LogP contribution in [-0.2, 0) is 11.8 Å². The molecular formula is C15H17BrIN3O. The Hall–Kier alpha value is -0.890. The summed E-state index contributed by atoms with van der Waals surface area (Å²) in [5.41, 5.74) is 3.74. The average Bonchev–Trinajstić information content (AvgIpc) is 2.67. The third kappa shape index (κ3) is 3.48. The van der Waals surface area contributed by atoms with E-state index in [0.29, 0.717) is 0 Å². The fraction of sp³-hybridized carbons (Fsp3) is 0.333. The van der Waals surface area contributed by atoms with Crippen molar-refractivity contribution < 1.29 is 4.79 Å². The van der Waals surface area contributed by atoms with E-state index >= 15 is 0 Å². The van der Waals surface area contributed by atoms with Crippen molar-refractivity contribution in [1.29, 1.82) is 0 Å². The number of carbonyl (C=O) groups excluding carboxylic acids is 1. The van der Waals surface area contributed by atoms with Gasteiger partial charge in [-0.2, -0.15) is 5.10 Å². The van der Waals surface area contributed by atoms with E-state index in [1.807, 2.05) is 50.7 Å². The Morgan fingerprint density at radius 3 is 2.62 bits per heavy atom. The summed E-state index contributed by atoms with van der Waals surface area (Å²) in [7, 11) is 1.90. The van der Waals surface area contributed by atoms with Gasteiger partial charge in [-0.1, -0.05) is 0 Å². The predicted molar refractivity (Wildman–Crippen MR) is 96.6 cm³/mol. The largest absolute Gasteiger partial charge is 0.326 e. The maximum atomic E-state index is 12.5. The number of rotatable bonds is 3. The number of benzene rings is 1. The minimum atomic E-state index is -0.236. The van der Waals surface area contributed by atoms with Crippen molar-refractivity contribution in [2.24, 2.45) is 7.05 Å². The van der Waals surface area contributed by atoms with Crippen LogP contribution in [-0.4, -0.2) is 15.7 Å². The van der Waals surface area contributed by atoms with Gasteiger partial charge in [0.2, 0.25) is 5.91 Å². The van der Waals surface area contributed by atoms with Gasteiger partial charge in [0, 0.05) is 32.0 Å². The molecule has 1 atom stereocenters. The summed E-state index contributed by atoms with van der Waals surface area (Å²) in [4.78, 5) is 12.5. The van der Waals surface area contributed by atoms with Crippen LogP contribution in [0.25, 0.3) is 0 Å². The molecule has 1 unspecified atom stereocenters. The highest BCUT2D eigenvalue weighted by Crippen LogP contribution is 2.26. The molecule has 6 heteroatoms. The molecule has 1 N–H and O–H groups in total. The Labute approximate surface area is 146 Å². The predicted octanol–water partition coefficient (Wildman–Crippen LogP) is 4.15. The second-order valence-corrected chi connectivity index (χ2v) is 7.06. The minimum absolute atomic E-state index is 0.0210. The van der Waals surface area contributed by atoms with E-state index in [0.717, 1.165) is 30.7 Å². The normalized spacial score (nSPS) is 12.3. The monoisotopic (exact) mass is 461 g/mol. The van der Waals surface area contributed by atoms with E-state index in [1.165, 1.54) is 0 Å². The number of aromatic nitrogens is 2. The van der Waals surface area contributed by atoms with Crippen molar-refractivity contribution in [3.8, 4) is 0 Å². The van der Waals surface area contributed by atoms with E-state index in [9.17, 15) is 4.79 Å². The van der Waals surface area contributed by atoms with E-state index < -0.39 is 0 Å². The lowest BCUT2D eigenvalue weighted by Crippen LogP contribution is -2.20. The molecule has 0 saturated heterocycles. The molecule has 1 heterocycles. The summed E-state index contributed by atoms with van der Waals surface area (Å²) < 4.78 is 3.90. The quantitative estimate of drug-likeness (QED) is 0.698. The Morgan fingerprint density at radius 1 is 1.43 bits per heavy atom. The van der Waals surface area contributed by atoms with Crippen molar-refractivity contribution >= 4 is 50.1 Å². The zero-order valence-corrected chi connectivity index (χ0v) is 16.1. The van der Waals surface area contributed by atoms with E-state index in [4.69, 9.17) is 0 Å². The number of aryl methyl sites for hydroxylation is 2. The molecule has 0 fully saturated rings. The van der Waals surface area contributed by atoms with Gasteiger partial charge >= 0.3 is 0 Å². The van der Waals surface area contributed by atoms with E-state index in [1.54, 1.807) is 0 Å². The Bertz CT molecular complexity index is 696. The Morgan fingerprint density at radius 2 is 2.10 bits per heavy atom. The van der Waals surface area contributed by atoms with E-state index in [-0.39, 0.29) is 11.8 Å². The third-order valence-corrected chi connectivity index (χ3v) is 5.90. The van der Waals surface area contributed by atoms with Crippen LogP contribution in [0.5, 0.6) is 0 Å². The summed E-state index contributed by atoms with van der Waals surface area (Å²) in [6, 6.07) is 5.76. The van der Waals surface area contributed by atoms with Gasteiger partial charge in [-0.05, 0) is 77.5 Å². The molecule has 0 bridgehead atoms. The van der Waals surface area contributed by atoms with Crippen molar-refractivity contribution in [1.82, 2.24) is 9.78 Å². The second-order valence-electron chi connectivity index (χ2n) is 5.05. The molecule has 1 amide bonds. The van der Waals surface area contributed by atoms with E-state index in [2.05, 4.69) is 48.9 Å². The van der Waals surface area contributed by atoms with Gasteiger partial charge in [-0.15, -0.1) is 0 Å². The number of halogens is 2. The molecule has 2 rings (SSSR count). The molecule has 0 radical (unpaired) electrons. The lowest BCUT2D eigenvalue weighted by atomic mass is 9.98. The highest BCUT2D eigenvalue weighted by molar-refractivity contribution is 14.1. The third-order valence-electron chi connectivity index (χ3n) is 3.58. The van der Waals surface area contributed by atoms with Crippen LogP contribution in [0.3, 0.4) is 0 Å². The zero-order valence-electron chi connectivity index (χ0n) is 12.4. The molecule has 0 aliphatic rings. The van der Waals surface area contributed by atoms with Gasteiger partial charge < -0.3 is 5.32 Å². The number of amides is 1. The fourth-order valence-electron chi connectivity index (χ4n) is 2.37. The van der Waals surface area contributed by atoms with Gasteiger partial charge in [0.25, 0.3) is 0 Å². The number of anilines is 1. The summed E-state index contributed by atoms with van der Waals surface area (Å²) >= 11 is 5.68. The van der Waals surface area contributed by atoms with Gasteiger partial charge in [0.15, 0.2) is 0 Å². The second kappa shape index (κ2) is 6.48. The smallest absolute Gasteiger partial charge is 0.231 e. The standard InChI is InChI=1S/C15H17BrIN3O/c1-8(14-9(2)19-20(4)10(14)3)15(21)18-11-5-6-12(16)13(17)7-11/h5-8H,1-4H3,(H,18,21). The molecule has 0 spiro atoms. The van der Waals surface area contributed by atoms with Crippen LogP contribution in [0.4, 0.5) is 5.69 Å². The lowest BCUT2D eigenvalue weighted by molar-refractivity contribution is -0.117. The molecular weight excluding hydrogens is 445 g/mol. The number of carbonyl (C=O) groups is 1. The molecule has 2 aromatic rings. The number of nitrogens with one attached hydrogen (secondary N) is 1. The van der Waals surface area contributed by atoms with Crippen LogP contribution in [0.15, 0.2) is 22.7 Å². The summed E-state index contributed by atoms with van der Waals surface area (Å²) in [6.07, 6.45) is 0. The molecule has 1 aromatic heterocycles. The lowest BCUT2D eigenvalue weighted by Gasteiger charge is -2.13. The molecule has 0 saturated carbocycles. The van der Waals surface area contributed by atoms with Gasteiger partial charge in [0.05, 0.1) is 11.6 Å². The van der Waals surface area contributed by atoms with Crippen molar-refractivity contribution in [2.75, 3.05) is 5.32 Å². The molecule has 4 nitrogen and oxygen atoms in total. The fourth-order valence-corrected chi connectivity index (χ4v) is 3.13. The first-order valence-electron chi connectivity index (χ1n) is 6.57. The van der Waals surface area contributed by atoms with Gasteiger partial charge in [-0.3, -0.25) is 9.48 Å². The van der Waals surface area contributed by atoms with Crippen LogP contribution < -0.4 is 5.32 Å². The van der Waals surface area contributed by atoms with Crippen LogP contribution in [0, 0.1) is 17.4 Å². The molecule has 1 aromatic carbocycles. The molecule has 0 aliphatic carbocycles. The summed E-state index contributed by atoms with van der Waals surface area (Å²) in [5.74, 6) is -0.257. The number of nitrogens with zero attached hydrogens (tertiary/aromatic N) is 2. The maximum absolute atomic E-state index is 12.5. The maximum Gasteiger partial charge on any atom is 0.231 e. The van der Waals surface area contributed by atoms with Gasteiger partial charge in [-0.25, -0.2) is 0 Å². The SMILES string of the molecule is Cc1nn(C)c(C)c1C(C)C(=O)Nc1ccc(Br)c(I)c1. The van der Waals surface area contributed by atoms with Gasteiger partial charge in [0.1, 0.15) is 0 Å². The summed E-state index contributed by atoms with van der Waals surface area (Å²) in [6.45, 7) is 5.84. The number of hydrogen-bond donors (Lipinski definition) is 1. The molecule has 0 aliphatic heterocycles. The van der Waals surface area contributed by atoms with Crippen molar-refractivity contribution in [3.05, 3.63) is 43.2 Å². The highest BCUT2D eigenvalue weighted by Gasteiger charge is 2.22. The first kappa shape index (κ1) is 16.5. The zero-order chi connectivity index (χ0) is 15.7. The topological polar surface area (TPSA) is 46.9 Å². The first-order valence-corrected chi connectivity index (χ1v) is 8.44. The van der Waals surface area contributed by atoms with Crippen LogP contribution >= 0.6 is 38.5 Å². The Kier molecular flexibility index (Phi) is 5.08. The minimum Gasteiger partial charge on any atom is -0.326 e. The highest BCUT2D eigenvalue weighted by atomic mass is 127. The number of hydrogen-bond acceptors (Lipinski definition) is 2. The van der Waals surface area contributed by atoms with Crippen LogP contribution in [0.2, 0.25) is 0 Å².